The van der Waals surface area contributed by atoms with E-state index in [0.717, 1.165) is 15.9 Å². The average molecular weight is 341 g/mol. The Labute approximate surface area is 142 Å². The molecule has 1 saturated heterocycles. The third-order valence-electron chi connectivity index (χ3n) is 4.24. The standard InChI is InChI=1S/C18H16FN3OS/c1-11-9-15(17(23)22(11)13-5-3-2-4-6-13)21-18-20-14-8-7-12(19)10-16(14)24-18/h2-8,10-11,15H,9H2,1H3,(H,20,21). The van der Waals surface area contributed by atoms with Crippen molar-refractivity contribution >= 4 is 38.3 Å². The first kappa shape index (κ1) is 15.1. The molecule has 0 spiro atoms. The van der Waals surface area contributed by atoms with Crippen molar-refractivity contribution in [3.8, 4) is 0 Å². The van der Waals surface area contributed by atoms with Gasteiger partial charge in [-0.15, -0.1) is 0 Å². The van der Waals surface area contributed by atoms with E-state index in [9.17, 15) is 9.18 Å². The number of nitrogens with zero attached hydrogens (tertiary/aromatic N) is 2. The highest BCUT2D eigenvalue weighted by Gasteiger charge is 2.38. The Hall–Kier alpha value is -2.47. The van der Waals surface area contributed by atoms with Gasteiger partial charge < -0.3 is 10.2 Å². The van der Waals surface area contributed by atoms with Crippen LogP contribution < -0.4 is 10.2 Å². The number of fused-ring (bicyclic) bond motifs is 1. The van der Waals surface area contributed by atoms with E-state index in [0.29, 0.717) is 11.6 Å². The summed E-state index contributed by atoms with van der Waals surface area (Å²) in [4.78, 5) is 19.0. The zero-order valence-electron chi connectivity index (χ0n) is 13.1. The Morgan fingerprint density at radius 3 is 2.83 bits per heavy atom. The van der Waals surface area contributed by atoms with Crippen molar-refractivity contribution in [3.05, 3.63) is 54.3 Å². The molecule has 122 valence electrons. The van der Waals surface area contributed by atoms with Crippen molar-refractivity contribution in [2.24, 2.45) is 0 Å². The van der Waals surface area contributed by atoms with Crippen LogP contribution in [-0.2, 0) is 4.79 Å². The van der Waals surface area contributed by atoms with Crippen LogP contribution in [0.25, 0.3) is 10.2 Å². The predicted molar refractivity (Wildman–Crippen MR) is 95.0 cm³/mol. The SMILES string of the molecule is CC1CC(Nc2nc3ccc(F)cc3s2)C(=O)N1c1ccccc1. The lowest BCUT2D eigenvalue weighted by Gasteiger charge is -2.21. The number of rotatable bonds is 3. The highest BCUT2D eigenvalue weighted by atomic mass is 32.1. The van der Waals surface area contributed by atoms with Crippen molar-refractivity contribution in [1.29, 1.82) is 0 Å². The van der Waals surface area contributed by atoms with Gasteiger partial charge in [0.1, 0.15) is 11.9 Å². The fraction of sp³-hybridized carbons (Fsp3) is 0.222. The van der Waals surface area contributed by atoms with Crippen molar-refractivity contribution in [2.75, 3.05) is 10.2 Å². The van der Waals surface area contributed by atoms with E-state index in [2.05, 4.69) is 10.3 Å². The second-order valence-electron chi connectivity index (χ2n) is 5.96. The number of hydrogen-bond acceptors (Lipinski definition) is 4. The number of thiazole rings is 1. The minimum Gasteiger partial charge on any atom is -0.350 e. The van der Waals surface area contributed by atoms with E-state index in [1.807, 2.05) is 42.2 Å². The van der Waals surface area contributed by atoms with Crippen LogP contribution in [0.5, 0.6) is 0 Å². The maximum atomic E-state index is 13.3. The number of benzene rings is 2. The van der Waals surface area contributed by atoms with E-state index >= 15 is 0 Å². The number of nitrogens with one attached hydrogen (secondary N) is 1. The summed E-state index contributed by atoms with van der Waals surface area (Å²) in [6.07, 6.45) is 0.706. The molecule has 0 bridgehead atoms. The first-order valence-electron chi connectivity index (χ1n) is 7.82. The van der Waals surface area contributed by atoms with Gasteiger partial charge in [0, 0.05) is 11.7 Å². The topological polar surface area (TPSA) is 45.2 Å². The monoisotopic (exact) mass is 341 g/mol. The number of halogens is 1. The predicted octanol–water partition coefficient (Wildman–Crippen LogP) is 4.04. The summed E-state index contributed by atoms with van der Waals surface area (Å²) in [5.41, 5.74) is 1.65. The lowest BCUT2D eigenvalue weighted by molar-refractivity contribution is -0.117. The molecule has 1 aliphatic heterocycles. The number of anilines is 2. The fourth-order valence-electron chi connectivity index (χ4n) is 3.13. The van der Waals surface area contributed by atoms with E-state index in [4.69, 9.17) is 0 Å². The lowest BCUT2D eigenvalue weighted by atomic mass is 10.2. The third-order valence-corrected chi connectivity index (χ3v) is 5.19. The number of para-hydroxylation sites is 1. The van der Waals surface area contributed by atoms with Crippen LogP contribution in [-0.4, -0.2) is 23.0 Å². The number of carbonyl (C=O) groups excluding carboxylic acids is 1. The summed E-state index contributed by atoms with van der Waals surface area (Å²) in [6.45, 7) is 2.04. The highest BCUT2D eigenvalue weighted by Crippen LogP contribution is 2.31. The van der Waals surface area contributed by atoms with Crippen LogP contribution in [0.3, 0.4) is 0 Å². The summed E-state index contributed by atoms with van der Waals surface area (Å²) in [5, 5.41) is 3.87. The van der Waals surface area contributed by atoms with Gasteiger partial charge in [0.05, 0.1) is 10.2 Å². The molecule has 2 atom stereocenters. The molecule has 0 saturated carbocycles. The number of amides is 1. The Balaban J connectivity index is 1.57. The van der Waals surface area contributed by atoms with Gasteiger partial charge in [0.2, 0.25) is 5.91 Å². The van der Waals surface area contributed by atoms with Crippen LogP contribution in [0.2, 0.25) is 0 Å². The first-order chi connectivity index (χ1) is 11.6. The molecule has 0 radical (unpaired) electrons. The minimum atomic E-state index is -0.314. The fourth-order valence-corrected chi connectivity index (χ4v) is 4.08. The summed E-state index contributed by atoms with van der Waals surface area (Å²) < 4.78 is 14.1. The quantitative estimate of drug-likeness (QED) is 0.782. The number of aromatic nitrogens is 1. The van der Waals surface area contributed by atoms with Crippen molar-refractivity contribution in [3.63, 3.8) is 0 Å². The van der Waals surface area contributed by atoms with Gasteiger partial charge in [-0.1, -0.05) is 29.5 Å². The number of hydrogen-bond donors (Lipinski definition) is 1. The molecule has 1 aromatic heterocycles. The second-order valence-corrected chi connectivity index (χ2v) is 6.99. The molecular formula is C18H16FN3OS. The van der Waals surface area contributed by atoms with Crippen molar-refractivity contribution < 1.29 is 9.18 Å². The molecule has 2 heterocycles. The van der Waals surface area contributed by atoms with Gasteiger partial charge in [-0.2, -0.15) is 0 Å². The van der Waals surface area contributed by atoms with Crippen LogP contribution in [0.1, 0.15) is 13.3 Å². The molecular weight excluding hydrogens is 325 g/mol. The molecule has 2 unspecified atom stereocenters. The van der Waals surface area contributed by atoms with Gasteiger partial charge >= 0.3 is 0 Å². The molecule has 1 N–H and O–H groups in total. The maximum absolute atomic E-state index is 13.3. The molecule has 4 nitrogen and oxygen atoms in total. The third kappa shape index (κ3) is 2.63. The van der Waals surface area contributed by atoms with Gasteiger partial charge in [-0.05, 0) is 43.7 Å². The zero-order chi connectivity index (χ0) is 16.7. The Morgan fingerprint density at radius 2 is 2.04 bits per heavy atom. The summed E-state index contributed by atoms with van der Waals surface area (Å²) in [7, 11) is 0. The zero-order valence-corrected chi connectivity index (χ0v) is 13.9. The molecule has 1 aliphatic rings. The van der Waals surface area contributed by atoms with Crippen LogP contribution >= 0.6 is 11.3 Å². The van der Waals surface area contributed by atoms with Gasteiger partial charge in [0.15, 0.2) is 5.13 Å². The largest absolute Gasteiger partial charge is 0.350 e. The van der Waals surface area contributed by atoms with Gasteiger partial charge in [-0.3, -0.25) is 4.79 Å². The summed E-state index contributed by atoms with van der Waals surface area (Å²) in [6, 6.07) is 14.0. The van der Waals surface area contributed by atoms with Crippen LogP contribution in [0.15, 0.2) is 48.5 Å². The van der Waals surface area contributed by atoms with Crippen molar-refractivity contribution in [2.45, 2.75) is 25.4 Å². The van der Waals surface area contributed by atoms with E-state index in [1.54, 1.807) is 6.07 Å². The van der Waals surface area contributed by atoms with E-state index in [-0.39, 0.29) is 23.8 Å². The van der Waals surface area contributed by atoms with Gasteiger partial charge in [-0.25, -0.2) is 9.37 Å². The molecule has 2 aromatic carbocycles. The molecule has 1 fully saturated rings. The van der Waals surface area contributed by atoms with Crippen molar-refractivity contribution in [1.82, 2.24) is 4.98 Å². The molecule has 24 heavy (non-hydrogen) atoms. The molecule has 0 aliphatic carbocycles. The summed E-state index contributed by atoms with van der Waals surface area (Å²) in [5.74, 6) is -0.238. The minimum absolute atomic E-state index is 0.0409. The lowest BCUT2D eigenvalue weighted by Crippen LogP contribution is -2.35. The Kier molecular flexibility index (Phi) is 3.69. The first-order valence-corrected chi connectivity index (χ1v) is 8.64. The summed E-state index contributed by atoms with van der Waals surface area (Å²) >= 11 is 1.37. The van der Waals surface area contributed by atoms with E-state index in [1.165, 1.54) is 23.5 Å². The molecule has 6 heteroatoms. The highest BCUT2D eigenvalue weighted by molar-refractivity contribution is 7.22. The molecule has 4 rings (SSSR count). The van der Waals surface area contributed by atoms with Crippen LogP contribution in [0, 0.1) is 5.82 Å². The smallest absolute Gasteiger partial charge is 0.249 e. The van der Waals surface area contributed by atoms with Crippen LogP contribution in [0.4, 0.5) is 15.2 Å². The normalized spacial score (nSPS) is 20.8. The maximum Gasteiger partial charge on any atom is 0.249 e. The average Bonchev–Trinajstić information content (AvgIpc) is 3.08. The van der Waals surface area contributed by atoms with Gasteiger partial charge in [0.25, 0.3) is 0 Å². The molecule has 3 aromatic rings. The Bertz CT molecular complexity index is 896. The van der Waals surface area contributed by atoms with E-state index < -0.39 is 0 Å². The Morgan fingerprint density at radius 1 is 1.25 bits per heavy atom. The number of carbonyl (C=O) groups is 1. The second kappa shape index (κ2) is 5.87. The molecule has 1 amide bonds.